The minimum absolute atomic E-state index is 0.0183. The van der Waals surface area contributed by atoms with E-state index in [1.54, 1.807) is 35.9 Å². The molecule has 2 aliphatic carbocycles. The highest BCUT2D eigenvalue weighted by atomic mass is 19.4. The molecule has 2 saturated carbocycles. The van der Waals surface area contributed by atoms with Gasteiger partial charge in [0, 0.05) is 67.3 Å². The van der Waals surface area contributed by atoms with Gasteiger partial charge >= 0.3 is 6.18 Å². The summed E-state index contributed by atoms with van der Waals surface area (Å²) in [6, 6.07) is 7.84. The van der Waals surface area contributed by atoms with Gasteiger partial charge in [-0.3, -0.25) is 4.79 Å². The van der Waals surface area contributed by atoms with Gasteiger partial charge in [-0.25, -0.2) is 8.78 Å². The fraction of sp³-hybridized carbons (Fsp3) is 0.516. The number of amides is 1. The molecule has 0 saturated heterocycles. The summed E-state index contributed by atoms with van der Waals surface area (Å²) in [4.78, 5) is 15.1. The highest BCUT2D eigenvalue weighted by molar-refractivity contribution is 6.10. The predicted molar refractivity (Wildman–Crippen MR) is 152 cm³/mol. The van der Waals surface area contributed by atoms with Crippen LogP contribution >= 0.6 is 0 Å². The van der Waals surface area contributed by atoms with E-state index < -0.39 is 41.8 Å². The van der Waals surface area contributed by atoms with Crippen LogP contribution in [-0.4, -0.2) is 38.7 Å². The van der Waals surface area contributed by atoms with Gasteiger partial charge in [0.05, 0.1) is 12.1 Å². The Hall–Kier alpha value is -3.54. The third kappa shape index (κ3) is 5.49. The zero-order valence-electron chi connectivity index (χ0n) is 24.4. The molecule has 1 amide bonds. The lowest BCUT2D eigenvalue weighted by Gasteiger charge is -2.48. The average molecular weight is 603 g/mol. The first kappa shape index (κ1) is 29.5. The third-order valence-corrected chi connectivity index (χ3v) is 9.30. The van der Waals surface area contributed by atoms with Gasteiger partial charge in [0.2, 0.25) is 5.92 Å². The Balaban J connectivity index is 1.38. The van der Waals surface area contributed by atoms with Crippen LogP contribution in [0.5, 0.6) is 0 Å². The maximum absolute atomic E-state index is 14.5. The molecule has 12 heteroatoms. The first-order valence-corrected chi connectivity index (χ1v) is 14.6. The van der Waals surface area contributed by atoms with Crippen LogP contribution in [0.3, 0.4) is 0 Å². The topological polar surface area (TPSA) is 75.1 Å². The molecule has 2 N–H and O–H groups in total. The second-order valence-corrected chi connectivity index (χ2v) is 12.6. The molecular formula is C31H35F5N6O. The number of halogens is 5. The molecule has 2 heterocycles. The first-order valence-electron chi connectivity index (χ1n) is 14.6. The zero-order chi connectivity index (χ0) is 30.8. The molecule has 1 aliphatic heterocycles. The molecule has 6 rings (SSSR count). The lowest BCUT2D eigenvalue weighted by Crippen LogP contribution is -2.51. The lowest BCUT2D eigenvalue weighted by molar-refractivity contribution is -0.138. The summed E-state index contributed by atoms with van der Waals surface area (Å²) in [6.07, 6.45) is -0.792. The maximum Gasteiger partial charge on any atom is 0.416 e. The molecule has 3 aromatic rings. The summed E-state index contributed by atoms with van der Waals surface area (Å²) in [5.41, 5.74) is -0.0389. The fourth-order valence-corrected chi connectivity index (χ4v) is 6.75. The molecule has 7 nitrogen and oxygen atoms in total. The quantitative estimate of drug-likeness (QED) is 0.279. The van der Waals surface area contributed by atoms with Gasteiger partial charge in [-0.2, -0.15) is 13.2 Å². The summed E-state index contributed by atoms with van der Waals surface area (Å²) >= 11 is 0. The molecular weight excluding hydrogens is 567 g/mol. The number of nitrogens with zero attached hydrogens (tertiary/aromatic N) is 4. The van der Waals surface area contributed by atoms with E-state index in [9.17, 15) is 26.7 Å². The molecule has 2 aromatic carbocycles. The van der Waals surface area contributed by atoms with Gasteiger partial charge in [-0.05, 0) is 80.1 Å². The van der Waals surface area contributed by atoms with Crippen molar-refractivity contribution in [2.24, 2.45) is 7.05 Å². The van der Waals surface area contributed by atoms with Crippen LogP contribution in [0.25, 0.3) is 0 Å². The van der Waals surface area contributed by atoms with Gasteiger partial charge in [-0.15, -0.1) is 10.2 Å². The van der Waals surface area contributed by atoms with Crippen molar-refractivity contribution in [3.05, 3.63) is 70.3 Å². The van der Waals surface area contributed by atoms with E-state index in [4.69, 9.17) is 0 Å². The van der Waals surface area contributed by atoms with E-state index in [1.165, 1.54) is 11.2 Å². The van der Waals surface area contributed by atoms with Crippen LogP contribution in [0.15, 0.2) is 36.7 Å². The number of benzene rings is 2. The molecule has 0 bridgehead atoms. The van der Waals surface area contributed by atoms with Gasteiger partial charge in [0.15, 0.2) is 0 Å². The normalized spacial score (nSPS) is 20.0. The van der Waals surface area contributed by atoms with Crippen molar-refractivity contribution in [3.63, 3.8) is 0 Å². The van der Waals surface area contributed by atoms with E-state index in [0.717, 1.165) is 25.3 Å². The second kappa shape index (κ2) is 10.3. The Morgan fingerprint density at radius 2 is 1.81 bits per heavy atom. The van der Waals surface area contributed by atoms with E-state index in [-0.39, 0.29) is 36.2 Å². The Bertz CT molecular complexity index is 1550. The Kier molecular flexibility index (Phi) is 7.06. The zero-order valence-corrected chi connectivity index (χ0v) is 24.4. The van der Waals surface area contributed by atoms with Crippen molar-refractivity contribution in [1.29, 1.82) is 0 Å². The largest absolute Gasteiger partial charge is 0.416 e. The molecule has 3 aliphatic rings. The molecule has 2 fully saturated rings. The van der Waals surface area contributed by atoms with Gasteiger partial charge < -0.3 is 20.1 Å². The summed E-state index contributed by atoms with van der Waals surface area (Å²) in [5, 5.41) is 14.6. The number of carbonyl (C=O) groups excluding carboxylic acids is 1. The van der Waals surface area contributed by atoms with Gasteiger partial charge in [-0.1, -0.05) is 0 Å². The van der Waals surface area contributed by atoms with Crippen LogP contribution in [0, 0.1) is 0 Å². The fourth-order valence-electron chi connectivity index (χ4n) is 6.75. The third-order valence-electron chi connectivity index (χ3n) is 9.30. The Morgan fingerprint density at radius 3 is 2.40 bits per heavy atom. The number of hydrogen-bond acceptors (Lipinski definition) is 5. The van der Waals surface area contributed by atoms with Gasteiger partial charge in [0.25, 0.3) is 5.91 Å². The van der Waals surface area contributed by atoms with E-state index in [2.05, 4.69) is 20.8 Å². The SMILES string of the molecule is CCNc1cc(N2Cc3c(cc(CNC4(C)CCC4)cc3C(F)(F)F)C2=O)cc(C2(Cc3nncn3C)CC(F)(F)C2)c1. The van der Waals surface area contributed by atoms with Crippen molar-refractivity contribution in [2.75, 3.05) is 16.8 Å². The molecule has 230 valence electrons. The van der Waals surface area contributed by atoms with Crippen molar-refractivity contribution in [1.82, 2.24) is 20.1 Å². The lowest BCUT2D eigenvalue weighted by atomic mass is 9.60. The number of aryl methyl sites for hydroxylation is 1. The van der Waals surface area contributed by atoms with E-state index in [1.807, 2.05) is 13.8 Å². The van der Waals surface area contributed by atoms with Crippen LogP contribution in [0.1, 0.15) is 84.4 Å². The van der Waals surface area contributed by atoms with Crippen LogP contribution in [0.4, 0.5) is 33.3 Å². The number of fused-ring (bicyclic) bond motifs is 1. The van der Waals surface area contributed by atoms with Crippen molar-refractivity contribution < 1.29 is 26.7 Å². The maximum atomic E-state index is 14.5. The van der Waals surface area contributed by atoms with Crippen LogP contribution in [0.2, 0.25) is 0 Å². The molecule has 0 radical (unpaired) electrons. The number of hydrogen-bond donors (Lipinski definition) is 2. The van der Waals surface area contributed by atoms with Crippen LogP contribution < -0.4 is 15.5 Å². The molecule has 0 spiro atoms. The van der Waals surface area contributed by atoms with E-state index >= 15 is 0 Å². The standard InChI is InChI=1S/C31H35F5N6O/c1-4-37-21-10-20(29(16-30(32,33)17-29)13-26-40-39-18-41(26)3)11-22(12-21)42-15-24-23(27(42)43)8-19(9-25(24)31(34,35)36)14-38-28(2)6-5-7-28/h8-12,18,37-38H,4-7,13-17H2,1-3H3. The van der Waals surface area contributed by atoms with Crippen molar-refractivity contribution in [3.8, 4) is 0 Å². The number of alkyl halides is 5. The Morgan fingerprint density at radius 1 is 1.07 bits per heavy atom. The number of rotatable bonds is 9. The first-order chi connectivity index (χ1) is 20.2. The highest BCUT2D eigenvalue weighted by Gasteiger charge is 2.58. The predicted octanol–water partition coefficient (Wildman–Crippen LogP) is 6.37. The average Bonchev–Trinajstić information content (AvgIpc) is 3.46. The second-order valence-electron chi connectivity index (χ2n) is 12.6. The highest BCUT2D eigenvalue weighted by Crippen LogP contribution is 2.56. The Labute approximate surface area is 246 Å². The minimum atomic E-state index is -4.65. The summed E-state index contributed by atoms with van der Waals surface area (Å²) in [5.74, 6) is -2.87. The smallest absolute Gasteiger partial charge is 0.385 e. The monoisotopic (exact) mass is 602 g/mol. The summed E-state index contributed by atoms with van der Waals surface area (Å²) in [6.45, 7) is 4.41. The summed E-state index contributed by atoms with van der Waals surface area (Å²) < 4.78 is 73.5. The van der Waals surface area contributed by atoms with E-state index in [0.29, 0.717) is 34.9 Å². The molecule has 0 atom stereocenters. The molecule has 43 heavy (non-hydrogen) atoms. The molecule has 1 aromatic heterocycles. The van der Waals surface area contributed by atoms with Crippen molar-refractivity contribution in [2.45, 2.75) is 88.5 Å². The molecule has 0 unspecified atom stereocenters. The van der Waals surface area contributed by atoms with Gasteiger partial charge in [0.1, 0.15) is 12.2 Å². The summed E-state index contributed by atoms with van der Waals surface area (Å²) in [7, 11) is 1.75. The number of nitrogens with one attached hydrogen (secondary N) is 2. The van der Waals surface area contributed by atoms with Crippen LogP contribution in [-0.2, 0) is 38.1 Å². The van der Waals surface area contributed by atoms with Crippen molar-refractivity contribution >= 4 is 17.3 Å². The minimum Gasteiger partial charge on any atom is -0.385 e. The number of carbonyl (C=O) groups is 1. The number of anilines is 2. The number of aromatic nitrogens is 3.